The second-order valence-electron chi connectivity index (χ2n) is 9.97. The number of rotatable bonds is 21. The molecule has 2 rings (SSSR count). The lowest BCUT2D eigenvalue weighted by Crippen LogP contribution is -2.39. The number of para-hydroxylation sites is 1. The summed E-state index contributed by atoms with van der Waals surface area (Å²) in [6.45, 7) is 2.07. The van der Waals surface area contributed by atoms with Crippen molar-refractivity contribution in [1.82, 2.24) is 10.3 Å². The van der Waals surface area contributed by atoms with Crippen molar-refractivity contribution in [1.29, 1.82) is 0 Å². The SMILES string of the molecule is CCCCCCCC/C=C\CCCCCCCC(=O)N[C@@H](CO[P+](O)(O)O)Cc1c[nH]c2ccccc12. The maximum absolute atomic E-state index is 12.5. The van der Waals surface area contributed by atoms with Gasteiger partial charge >= 0.3 is 8.17 Å². The molecule has 0 aliphatic rings. The fourth-order valence-corrected chi connectivity index (χ4v) is 4.94. The van der Waals surface area contributed by atoms with Gasteiger partial charge in [-0.05, 0) is 50.2 Å². The number of aromatic amines is 1. The molecule has 5 N–H and O–H groups in total. The molecule has 0 spiro atoms. The van der Waals surface area contributed by atoms with Gasteiger partial charge in [0.15, 0.2) is 0 Å². The third-order valence-corrected chi connectivity index (χ3v) is 7.12. The van der Waals surface area contributed by atoms with Crippen molar-refractivity contribution in [2.75, 3.05) is 6.61 Å². The molecular weight excluding hydrogens is 487 g/mol. The molecule has 208 valence electrons. The Morgan fingerprint density at radius 3 is 2.24 bits per heavy atom. The smallest absolute Gasteiger partial charge is 0.361 e. The first-order chi connectivity index (χ1) is 17.9. The van der Waals surface area contributed by atoms with Gasteiger partial charge in [0.05, 0.1) is 6.04 Å². The number of allylic oxidation sites excluding steroid dienone is 2. The standard InChI is InChI=1S/C29H47N2O5P/c1-2-3-4-5-6-7-8-9-10-11-12-13-14-15-16-21-29(32)31-26(24-36-37(33,34)35)22-25-23-30-28-20-18-17-19-27(25)28/h9-10,17-20,23,26,30,33-35H,2-8,11-16,21-22,24H2,1H3/p+1/b10-9-/t26-/m1/s1. The predicted octanol–water partition coefficient (Wildman–Crippen LogP) is 6.90. The molecule has 0 fully saturated rings. The van der Waals surface area contributed by atoms with Gasteiger partial charge in [-0.15, -0.1) is 0 Å². The third-order valence-electron chi connectivity index (χ3n) is 6.62. The number of H-pyrrole nitrogens is 1. The molecule has 0 aliphatic carbocycles. The van der Waals surface area contributed by atoms with E-state index in [4.69, 9.17) is 4.52 Å². The summed E-state index contributed by atoms with van der Waals surface area (Å²) >= 11 is 0. The first kappa shape index (κ1) is 31.5. The fourth-order valence-electron chi connectivity index (χ4n) is 4.56. The maximum Gasteiger partial charge on any atom is 0.567 e. The lowest BCUT2D eigenvalue weighted by atomic mass is 10.0. The summed E-state index contributed by atoms with van der Waals surface area (Å²) in [4.78, 5) is 43.4. The Bertz CT molecular complexity index is 909. The second-order valence-corrected chi connectivity index (χ2v) is 11.3. The van der Waals surface area contributed by atoms with Gasteiger partial charge in [-0.3, -0.25) is 4.79 Å². The predicted molar refractivity (Wildman–Crippen MR) is 153 cm³/mol. The van der Waals surface area contributed by atoms with Crippen molar-refractivity contribution in [2.45, 2.75) is 109 Å². The Labute approximate surface area is 223 Å². The lowest BCUT2D eigenvalue weighted by molar-refractivity contribution is -0.122. The Kier molecular flexibility index (Phi) is 15.7. The largest absolute Gasteiger partial charge is 0.567 e. The zero-order valence-corrected chi connectivity index (χ0v) is 23.4. The van der Waals surface area contributed by atoms with Crippen LogP contribution in [-0.4, -0.2) is 38.2 Å². The summed E-state index contributed by atoms with van der Waals surface area (Å²) in [5, 5.41) is 3.98. The summed E-state index contributed by atoms with van der Waals surface area (Å²) in [6, 6.07) is 7.37. The Morgan fingerprint density at radius 1 is 0.946 bits per heavy atom. The molecule has 7 nitrogen and oxygen atoms in total. The number of carbonyl (C=O) groups excluding carboxylic acids is 1. The van der Waals surface area contributed by atoms with Crippen LogP contribution in [0.15, 0.2) is 42.6 Å². The van der Waals surface area contributed by atoms with Crippen LogP contribution in [0.25, 0.3) is 10.9 Å². The van der Waals surface area contributed by atoms with Gasteiger partial charge in [-0.25, -0.2) is 0 Å². The van der Waals surface area contributed by atoms with E-state index < -0.39 is 14.2 Å². The maximum atomic E-state index is 12.5. The lowest BCUT2D eigenvalue weighted by Gasteiger charge is -2.18. The van der Waals surface area contributed by atoms with E-state index in [0.29, 0.717) is 12.8 Å². The van der Waals surface area contributed by atoms with E-state index in [1.807, 2.05) is 30.5 Å². The van der Waals surface area contributed by atoms with Crippen molar-refractivity contribution in [2.24, 2.45) is 0 Å². The molecular formula is C29H48N2O5P+. The van der Waals surface area contributed by atoms with Crippen LogP contribution < -0.4 is 5.32 Å². The summed E-state index contributed by atoms with van der Waals surface area (Å²) in [6.07, 6.45) is 23.1. The number of aromatic nitrogens is 1. The van der Waals surface area contributed by atoms with Crippen LogP contribution >= 0.6 is 8.17 Å². The zero-order chi connectivity index (χ0) is 26.8. The van der Waals surface area contributed by atoms with E-state index >= 15 is 0 Å². The molecule has 0 saturated carbocycles. The molecule has 0 aliphatic heterocycles. The van der Waals surface area contributed by atoms with Crippen molar-refractivity contribution in [3.63, 3.8) is 0 Å². The number of carbonyl (C=O) groups is 1. The topological polar surface area (TPSA) is 115 Å². The Morgan fingerprint density at radius 2 is 1.57 bits per heavy atom. The summed E-state index contributed by atoms with van der Waals surface area (Å²) < 4.78 is 4.83. The van der Waals surface area contributed by atoms with Crippen LogP contribution in [0.2, 0.25) is 0 Å². The molecule has 1 heterocycles. The number of hydrogen-bond donors (Lipinski definition) is 5. The van der Waals surface area contributed by atoms with Crippen molar-refractivity contribution in [3.8, 4) is 0 Å². The van der Waals surface area contributed by atoms with Crippen LogP contribution in [-0.2, 0) is 15.7 Å². The number of nitrogens with one attached hydrogen (secondary N) is 2. The molecule has 0 saturated heterocycles. The molecule has 1 amide bonds. The van der Waals surface area contributed by atoms with E-state index in [-0.39, 0.29) is 12.5 Å². The van der Waals surface area contributed by atoms with Crippen LogP contribution in [0.3, 0.4) is 0 Å². The monoisotopic (exact) mass is 535 g/mol. The van der Waals surface area contributed by atoms with Crippen LogP contribution in [0.5, 0.6) is 0 Å². The van der Waals surface area contributed by atoms with Gasteiger partial charge in [0.25, 0.3) is 0 Å². The number of unbranched alkanes of at least 4 members (excludes halogenated alkanes) is 11. The molecule has 1 aromatic heterocycles. The third kappa shape index (κ3) is 14.7. The Balaban J connectivity index is 1.60. The van der Waals surface area contributed by atoms with Gasteiger partial charge in [-0.2, -0.15) is 19.2 Å². The molecule has 0 unspecified atom stereocenters. The quantitative estimate of drug-likeness (QED) is 0.0677. The molecule has 8 heteroatoms. The van der Waals surface area contributed by atoms with Gasteiger partial charge in [0, 0.05) is 23.5 Å². The average Bonchev–Trinajstić information content (AvgIpc) is 3.27. The van der Waals surface area contributed by atoms with E-state index in [1.165, 1.54) is 57.8 Å². The minimum atomic E-state index is -4.37. The molecule has 1 aromatic carbocycles. The van der Waals surface area contributed by atoms with E-state index in [9.17, 15) is 19.5 Å². The van der Waals surface area contributed by atoms with Gasteiger partial charge in [0.2, 0.25) is 5.91 Å². The van der Waals surface area contributed by atoms with Crippen molar-refractivity contribution in [3.05, 3.63) is 48.2 Å². The minimum absolute atomic E-state index is 0.0937. The highest BCUT2D eigenvalue weighted by atomic mass is 31.2. The number of fused-ring (bicyclic) bond motifs is 1. The van der Waals surface area contributed by atoms with Crippen molar-refractivity contribution < 1.29 is 24.0 Å². The van der Waals surface area contributed by atoms with Gasteiger partial charge < -0.3 is 10.3 Å². The first-order valence-electron chi connectivity index (χ1n) is 14.1. The van der Waals surface area contributed by atoms with Gasteiger partial charge in [0.1, 0.15) is 6.61 Å². The molecule has 1 atom stereocenters. The summed E-state index contributed by atoms with van der Waals surface area (Å²) in [7, 11) is -4.37. The van der Waals surface area contributed by atoms with Crippen LogP contribution in [0.4, 0.5) is 0 Å². The fraction of sp³-hybridized carbons (Fsp3) is 0.621. The van der Waals surface area contributed by atoms with Crippen LogP contribution in [0.1, 0.15) is 102 Å². The average molecular weight is 536 g/mol. The zero-order valence-electron chi connectivity index (χ0n) is 22.5. The Hall–Kier alpha value is -1.76. The molecule has 37 heavy (non-hydrogen) atoms. The molecule has 0 radical (unpaired) electrons. The van der Waals surface area contributed by atoms with E-state index in [0.717, 1.165) is 42.1 Å². The summed E-state index contributed by atoms with van der Waals surface area (Å²) in [5.74, 6) is -0.0937. The van der Waals surface area contributed by atoms with Crippen LogP contribution in [0, 0.1) is 0 Å². The van der Waals surface area contributed by atoms with E-state index in [2.05, 4.69) is 29.4 Å². The number of hydrogen-bond acceptors (Lipinski definition) is 5. The highest BCUT2D eigenvalue weighted by Gasteiger charge is 2.34. The minimum Gasteiger partial charge on any atom is -0.361 e. The highest BCUT2D eigenvalue weighted by molar-refractivity contribution is 7.53. The normalized spacial score (nSPS) is 13.0. The number of amides is 1. The highest BCUT2D eigenvalue weighted by Crippen LogP contribution is 2.45. The number of benzene rings is 1. The summed E-state index contributed by atoms with van der Waals surface area (Å²) in [5.41, 5.74) is 1.98. The van der Waals surface area contributed by atoms with Crippen molar-refractivity contribution >= 4 is 25.0 Å². The molecule has 2 aromatic rings. The first-order valence-corrected chi connectivity index (χ1v) is 15.7. The van der Waals surface area contributed by atoms with Gasteiger partial charge in [-0.1, -0.05) is 88.6 Å². The van der Waals surface area contributed by atoms with E-state index in [1.54, 1.807) is 0 Å². The second kappa shape index (κ2) is 18.5. The molecule has 0 bridgehead atoms.